The highest BCUT2D eigenvalue weighted by Crippen LogP contribution is 2.57. The van der Waals surface area contributed by atoms with Crippen molar-refractivity contribution in [3.63, 3.8) is 0 Å². The molecular weight excluding hydrogens is 340 g/mol. The molecule has 0 aliphatic carbocycles. The molecule has 3 fully saturated rings. The van der Waals surface area contributed by atoms with Crippen LogP contribution in [0.1, 0.15) is 38.8 Å². The molecule has 3 aliphatic rings. The molecule has 2 spiro atoms. The summed E-state index contributed by atoms with van der Waals surface area (Å²) in [5.74, 6) is 0.386. The Labute approximate surface area is 161 Å². The number of hydrogen-bond acceptors (Lipinski definition) is 4. The summed E-state index contributed by atoms with van der Waals surface area (Å²) in [5.41, 5.74) is 0.653. The molecule has 6 heteroatoms. The zero-order chi connectivity index (χ0) is 19.1. The summed E-state index contributed by atoms with van der Waals surface area (Å²) in [7, 11) is 0. The fraction of sp³-hybridized carbons (Fsp3) is 0.667. The number of amides is 2. The van der Waals surface area contributed by atoms with Crippen LogP contribution in [0, 0.1) is 10.8 Å². The van der Waals surface area contributed by atoms with E-state index in [1.54, 1.807) is 6.92 Å². The second-order valence-electron chi connectivity index (χ2n) is 8.47. The average molecular weight is 370 g/mol. The second kappa shape index (κ2) is 6.89. The summed E-state index contributed by atoms with van der Waals surface area (Å²) in [6, 6.07) is 6.04. The van der Waals surface area contributed by atoms with Crippen molar-refractivity contribution in [3.05, 3.63) is 30.1 Å². The van der Waals surface area contributed by atoms with E-state index >= 15 is 0 Å². The lowest BCUT2D eigenvalue weighted by Crippen LogP contribution is -2.52. The number of fused-ring (bicyclic) bond motifs is 1. The molecule has 0 aromatic carbocycles. The molecule has 27 heavy (non-hydrogen) atoms. The summed E-state index contributed by atoms with van der Waals surface area (Å²) in [4.78, 5) is 36.3. The number of carbonyl (C=O) groups is 2. The summed E-state index contributed by atoms with van der Waals surface area (Å²) in [5, 5.41) is 0. The van der Waals surface area contributed by atoms with Gasteiger partial charge in [0.2, 0.25) is 11.8 Å². The van der Waals surface area contributed by atoms with E-state index in [9.17, 15) is 9.59 Å². The monoisotopic (exact) mass is 370 g/mol. The quantitative estimate of drug-likeness (QED) is 0.814. The van der Waals surface area contributed by atoms with Gasteiger partial charge in [0, 0.05) is 51.3 Å². The predicted molar refractivity (Wildman–Crippen MR) is 103 cm³/mol. The van der Waals surface area contributed by atoms with E-state index < -0.39 is 0 Å². The van der Waals surface area contributed by atoms with Gasteiger partial charge in [-0.25, -0.2) is 0 Å². The van der Waals surface area contributed by atoms with Crippen LogP contribution in [0.15, 0.2) is 24.4 Å². The molecule has 0 N–H and O–H groups in total. The number of piperidine rings is 1. The molecule has 6 nitrogen and oxygen atoms in total. The van der Waals surface area contributed by atoms with Crippen LogP contribution >= 0.6 is 0 Å². The first-order valence-corrected chi connectivity index (χ1v) is 10.2. The SMILES string of the molecule is CCN1CC[C@]2(CN(C(C)=O)CC23CCN(Cc2ccccn2)CC3)C1=O. The first-order chi connectivity index (χ1) is 13.0. The van der Waals surface area contributed by atoms with Gasteiger partial charge in [-0.1, -0.05) is 6.07 Å². The summed E-state index contributed by atoms with van der Waals surface area (Å²) >= 11 is 0. The zero-order valence-corrected chi connectivity index (χ0v) is 16.5. The van der Waals surface area contributed by atoms with E-state index in [0.29, 0.717) is 6.54 Å². The maximum Gasteiger partial charge on any atom is 0.231 e. The fourth-order valence-corrected chi connectivity index (χ4v) is 5.56. The molecule has 1 atom stereocenters. The molecular formula is C21H30N4O2. The van der Waals surface area contributed by atoms with Gasteiger partial charge >= 0.3 is 0 Å². The van der Waals surface area contributed by atoms with Crippen molar-refractivity contribution in [1.82, 2.24) is 19.7 Å². The van der Waals surface area contributed by atoms with Crippen LogP contribution in [0.3, 0.4) is 0 Å². The van der Waals surface area contributed by atoms with E-state index in [1.807, 2.05) is 28.1 Å². The highest BCUT2D eigenvalue weighted by molar-refractivity contribution is 5.88. The Kier molecular flexibility index (Phi) is 4.70. The molecule has 0 bridgehead atoms. The van der Waals surface area contributed by atoms with Gasteiger partial charge in [0.15, 0.2) is 0 Å². The topological polar surface area (TPSA) is 56.8 Å². The van der Waals surface area contributed by atoms with E-state index in [-0.39, 0.29) is 22.6 Å². The van der Waals surface area contributed by atoms with E-state index in [0.717, 1.165) is 64.2 Å². The Hall–Kier alpha value is -1.95. The molecule has 1 aromatic rings. The molecule has 146 valence electrons. The highest BCUT2D eigenvalue weighted by atomic mass is 16.2. The average Bonchev–Trinajstić information content (AvgIpc) is 3.17. The van der Waals surface area contributed by atoms with Crippen LogP contribution in [0.4, 0.5) is 0 Å². The highest BCUT2D eigenvalue weighted by Gasteiger charge is 2.65. The Morgan fingerprint density at radius 3 is 2.52 bits per heavy atom. The molecule has 1 aromatic heterocycles. The van der Waals surface area contributed by atoms with Crippen LogP contribution in [0.5, 0.6) is 0 Å². The van der Waals surface area contributed by atoms with Crippen molar-refractivity contribution < 1.29 is 9.59 Å². The van der Waals surface area contributed by atoms with Crippen molar-refractivity contribution >= 4 is 11.8 Å². The number of likely N-dealkylation sites (tertiary alicyclic amines) is 3. The maximum absolute atomic E-state index is 13.3. The number of carbonyl (C=O) groups excluding carboxylic acids is 2. The smallest absolute Gasteiger partial charge is 0.231 e. The van der Waals surface area contributed by atoms with Gasteiger partial charge < -0.3 is 9.80 Å². The van der Waals surface area contributed by atoms with Crippen molar-refractivity contribution in [3.8, 4) is 0 Å². The van der Waals surface area contributed by atoms with Crippen molar-refractivity contribution in [2.24, 2.45) is 10.8 Å². The molecule has 0 unspecified atom stereocenters. The second-order valence-corrected chi connectivity index (χ2v) is 8.47. The number of pyridine rings is 1. The zero-order valence-electron chi connectivity index (χ0n) is 16.5. The third-order valence-corrected chi connectivity index (χ3v) is 7.23. The largest absolute Gasteiger partial charge is 0.342 e. The van der Waals surface area contributed by atoms with Crippen LogP contribution in [-0.4, -0.2) is 70.8 Å². The van der Waals surface area contributed by atoms with Crippen LogP contribution in [0.25, 0.3) is 0 Å². The molecule has 0 saturated carbocycles. The van der Waals surface area contributed by atoms with Gasteiger partial charge in [-0.3, -0.25) is 19.5 Å². The summed E-state index contributed by atoms with van der Waals surface area (Å²) in [6.07, 6.45) is 4.69. The summed E-state index contributed by atoms with van der Waals surface area (Å²) < 4.78 is 0. The van der Waals surface area contributed by atoms with Crippen molar-refractivity contribution in [2.75, 3.05) is 39.3 Å². The molecule has 0 radical (unpaired) electrons. The van der Waals surface area contributed by atoms with Crippen molar-refractivity contribution in [1.29, 1.82) is 0 Å². The molecule has 4 rings (SSSR count). The number of nitrogens with zero attached hydrogens (tertiary/aromatic N) is 4. The van der Waals surface area contributed by atoms with Crippen molar-refractivity contribution in [2.45, 2.75) is 39.7 Å². The Balaban J connectivity index is 1.54. The first-order valence-electron chi connectivity index (χ1n) is 10.2. The lowest BCUT2D eigenvalue weighted by molar-refractivity contribution is -0.142. The molecule has 4 heterocycles. The number of hydrogen-bond donors (Lipinski definition) is 0. The lowest BCUT2D eigenvalue weighted by atomic mass is 9.60. The summed E-state index contributed by atoms with van der Waals surface area (Å²) in [6.45, 7) is 9.42. The minimum atomic E-state index is -0.369. The Bertz CT molecular complexity index is 714. The van der Waals surface area contributed by atoms with E-state index in [4.69, 9.17) is 0 Å². The fourth-order valence-electron chi connectivity index (χ4n) is 5.56. The number of aromatic nitrogens is 1. The van der Waals surface area contributed by atoms with E-state index in [1.165, 1.54) is 0 Å². The standard InChI is InChI=1S/C21H30N4O2/c1-3-24-13-9-21(19(24)27)16-25(17(2)26)15-20(21)7-11-23(12-8-20)14-18-6-4-5-10-22-18/h4-6,10H,3,7-9,11-16H2,1-2H3/t21-/m0/s1. The van der Waals surface area contributed by atoms with Crippen LogP contribution in [0.2, 0.25) is 0 Å². The molecule has 3 saturated heterocycles. The number of rotatable bonds is 3. The minimum Gasteiger partial charge on any atom is -0.342 e. The maximum atomic E-state index is 13.3. The van der Waals surface area contributed by atoms with Gasteiger partial charge in [-0.2, -0.15) is 0 Å². The van der Waals surface area contributed by atoms with Gasteiger partial charge in [-0.05, 0) is 51.4 Å². The van der Waals surface area contributed by atoms with Gasteiger partial charge in [0.25, 0.3) is 0 Å². The lowest BCUT2D eigenvalue weighted by Gasteiger charge is -2.46. The molecule has 2 amide bonds. The predicted octanol–water partition coefficient (Wildman–Crippen LogP) is 1.76. The van der Waals surface area contributed by atoms with Crippen LogP contribution in [-0.2, 0) is 16.1 Å². The first kappa shape index (κ1) is 18.4. The Morgan fingerprint density at radius 1 is 1.15 bits per heavy atom. The Morgan fingerprint density at radius 2 is 1.93 bits per heavy atom. The van der Waals surface area contributed by atoms with Gasteiger partial charge in [0.05, 0.1) is 11.1 Å². The minimum absolute atomic E-state index is 0.0692. The third-order valence-electron chi connectivity index (χ3n) is 7.23. The third kappa shape index (κ3) is 2.94. The van der Waals surface area contributed by atoms with E-state index in [2.05, 4.69) is 22.9 Å². The van der Waals surface area contributed by atoms with Crippen LogP contribution < -0.4 is 0 Å². The van der Waals surface area contributed by atoms with Gasteiger partial charge in [-0.15, -0.1) is 0 Å². The molecule has 3 aliphatic heterocycles. The van der Waals surface area contributed by atoms with Gasteiger partial charge in [0.1, 0.15) is 0 Å². The normalized spacial score (nSPS) is 27.9.